The van der Waals surface area contributed by atoms with Crippen molar-refractivity contribution in [2.24, 2.45) is 5.92 Å². The molecule has 2 aromatic rings. The van der Waals surface area contributed by atoms with Crippen molar-refractivity contribution in [3.63, 3.8) is 0 Å². The number of rotatable bonds is 1. The fraction of sp³-hybridized carbons (Fsp3) is 0.381. The van der Waals surface area contributed by atoms with Crippen LogP contribution in [0.5, 0.6) is 0 Å². The lowest BCUT2D eigenvalue weighted by atomic mass is 9.86. The van der Waals surface area contributed by atoms with Crippen LogP contribution in [0.1, 0.15) is 48.0 Å². The van der Waals surface area contributed by atoms with E-state index in [0.29, 0.717) is 11.7 Å². The Morgan fingerprint density at radius 2 is 1.54 bits per heavy atom. The minimum atomic E-state index is 0.119. The summed E-state index contributed by atoms with van der Waals surface area (Å²) in [7, 11) is 0. The first-order valence-corrected chi connectivity index (χ1v) is 9.06. The molecule has 0 spiro atoms. The van der Waals surface area contributed by atoms with Gasteiger partial charge < -0.3 is 10.6 Å². The molecule has 2 saturated heterocycles. The van der Waals surface area contributed by atoms with Gasteiger partial charge in [0.25, 0.3) is 0 Å². The van der Waals surface area contributed by atoms with Crippen LogP contribution in [0.3, 0.4) is 0 Å². The second-order valence-corrected chi connectivity index (χ2v) is 7.52. The molecule has 2 aliphatic heterocycles. The Balaban J connectivity index is 1.56. The molecule has 1 saturated carbocycles. The number of nitrogens with zero attached hydrogens (tertiary/aromatic N) is 1. The summed E-state index contributed by atoms with van der Waals surface area (Å²) < 4.78 is 0. The van der Waals surface area contributed by atoms with E-state index in [9.17, 15) is 4.79 Å². The highest BCUT2D eigenvalue weighted by Gasteiger charge is 2.32. The topological polar surface area (TPSA) is 46.3 Å². The standard InChI is InChI=1S/C21H22N2O/c22-14-3-7-17-18-8-6-16(12-20(18)21(24)19(17)11-14)23-10-9-13-1-4-15(23)5-2-13/h3,6-8,11-13,15H,1-2,4-5,9-10,22H2. The van der Waals surface area contributed by atoms with E-state index in [4.69, 9.17) is 5.73 Å². The Hall–Kier alpha value is -2.29. The SMILES string of the molecule is Nc1ccc2c(c1)C(=O)c1cc(N3CCC4CCC3CC4)ccc1-2. The molecular formula is C21H22N2O. The van der Waals surface area contributed by atoms with Crippen molar-refractivity contribution in [2.45, 2.75) is 38.1 Å². The highest BCUT2D eigenvalue weighted by Crippen LogP contribution is 2.41. The van der Waals surface area contributed by atoms with Gasteiger partial charge in [-0.3, -0.25) is 4.79 Å². The monoisotopic (exact) mass is 318 g/mol. The summed E-state index contributed by atoms with van der Waals surface area (Å²) in [5.41, 5.74) is 11.4. The molecule has 122 valence electrons. The molecule has 4 aliphatic rings. The van der Waals surface area contributed by atoms with Crippen molar-refractivity contribution in [3.8, 4) is 11.1 Å². The van der Waals surface area contributed by atoms with Gasteiger partial charge in [0.2, 0.25) is 0 Å². The van der Waals surface area contributed by atoms with Gasteiger partial charge in [0.15, 0.2) is 5.78 Å². The first-order valence-electron chi connectivity index (χ1n) is 9.06. The average molecular weight is 318 g/mol. The van der Waals surface area contributed by atoms with Crippen LogP contribution < -0.4 is 10.6 Å². The van der Waals surface area contributed by atoms with Crippen LogP contribution in [0, 0.1) is 5.92 Å². The number of nitrogens with two attached hydrogens (primary N) is 1. The fourth-order valence-corrected chi connectivity index (χ4v) is 4.85. The van der Waals surface area contributed by atoms with Crippen molar-refractivity contribution in [1.82, 2.24) is 0 Å². The molecule has 2 aromatic carbocycles. The van der Waals surface area contributed by atoms with Gasteiger partial charge in [0.05, 0.1) is 0 Å². The van der Waals surface area contributed by atoms with Crippen LogP contribution in [-0.2, 0) is 0 Å². The number of carbonyl (C=O) groups excluding carboxylic acids is 1. The van der Waals surface area contributed by atoms with Gasteiger partial charge in [-0.25, -0.2) is 0 Å². The Kier molecular flexibility index (Phi) is 2.99. The first-order chi connectivity index (χ1) is 11.7. The summed E-state index contributed by atoms with van der Waals surface area (Å²) in [6.45, 7) is 1.13. The van der Waals surface area contributed by atoms with Gasteiger partial charge in [0.1, 0.15) is 0 Å². The van der Waals surface area contributed by atoms with E-state index in [0.717, 1.165) is 34.7 Å². The minimum absolute atomic E-state index is 0.119. The third-order valence-electron chi connectivity index (χ3n) is 6.19. The van der Waals surface area contributed by atoms with Crippen LogP contribution >= 0.6 is 0 Å². The number of anilines is 2. The molecule has 0 unspecified atom stereocenters. The van der Waals surface area contributed by atoms with E-state index >= 15 is 0 Å². The van der Waals surface area contributed by atoms with Crippen molar-refractivity contribution in [2.75, 3.05) is 17.2 Å². The molecule has 3 heteroatoms. The third-order valence-corrected chi connectivity index (χ3v) is 6.19. The van der Waals surface area contributed by atoms with Crippen LogP contribution in [0.4, 0.5) is 11.4 Å². The van der Waals surface area contributed by atoms with Gasteiger partial charge in [-0.1, -0.05) is 12.1 Å². The third kappa shape index (κ3) is 2.00. The molecule has 2 bridgehead atoms. The second kappa shape index (κ2) is 5.10. The van der Waals surface area contributed by atoms with Crippen molar-refractivity contribution in [1.29, 1.82) is 0 Å². The zero-order valence-electron chi connectivity index (χ0n) is 13.8. The van der Waals surface area contributed by atoms with E-state index in [1.807, 2.05) is 18.2 Å². The van der Waals surface area contributed by atoms with Gasteiger partial charge in [-0.15, -0.1) is 0 Å². The van der Waals surface area contributed by atoms with Crippen LogP contribution in [0.15, 0.2) is 36.4 Å². The van der Waals surface area contributed by atoms with Gasteiger partial charge >= 0.3 is 0 Å². The fourth-order valence-electron chi connectivity index (χ4n) is 4.85. The molecule has 2 N–H and O–H groups in total. The van der Waals surface area contributed by atoms with Crippen molar-refractivity contribution < 1.29 is 4.79 Å². The van der Waals surface area contributed by atoms with Crippen LogP contribution in [-0.4, -0.2) is 18.4 Å². The predicted molar refractivity (Wildman–Crippen MR) is 97.4 cm³/mol. The maximum absolute atomic E-state index is 12.8. The lowest BCUT2D eigenvalue weighted by molar-refractivity contribution is 0.104. The Bertz CT molecular complexity index is 834. The lowest BCUT2D eigenvalue weighted by Crippen LogP contribution is -2.34. The Labute approximate surface area is 142 Å². The summed E-state index contributed by atoms with van der Waals surface area (Å²) in [4.78, 5) is 15.4. The number of carbonyl (C=O) groups is 1. The number of nitrogen functional groups attached to an aromatic ring is 1. The maximum Gasteiger partial charge on any atom is 0.194 e. The molecular weight excluding hydrogens is 296 g/mol. The number of hydrogen-bond donors (Lipinski definition) is 1. The molecule has 24 heavy (non-hydrogen) atoms. The van der Waals surface area contributed by atoms with Crippen molar-refractivity contribution in [3.05, 3.63) is 47.5 Å². The summed E-state index contributed by atoms with van der Waals surface area (Å²) in [5.74, 6) is 1.03. The van der Waals surface area contributed by atoms with E-state index < -0.39 is 0 Å². The number of ketones is 1. The lowest BCUT2D eigenvalue weighted by Gasteiger charge is -2.33. The normalized spacial score (nSPS) is 24.7. The maximum atomic E-state index is 12.8. The highest BCUT2D eigenvalue weighted by molar-refractivity contribution is 6.22. The second-order valence-electron chi connectivity index (χ2n) is 7.52. The van der Waals surface area contributed by atoms with Crippen molar-refractivity contribution >= 4 is 17.2 Å². The zero-order chi connectivity index (χ0) is 16.3. The minimum Gasteiger partial charge on any atom is -0.399 e. The smallest absolute Gasteiger partial charge is 0.194 e. The molecule has 2 aliphatic carbocycles. The largest absolute Gasteiger partial charge is 0.399 e. The van der Waals surface area contributed by atoms with Crippen LogP contribution in [0.2, 0.25) is 0 Å². The highest BCUT2D eigenvalue weighted by atomic mass is 16.1. The predicted octanol–water partition coefficient (Wildman–Crippen LogP) is 4.25. The van der Waals surface area contributed by atoms with Crippen LogP contribution in [0.25, 0.3) is 11.1 Å². The average Bonchev–Trinajstić information content (AvgIpc) is 2.80. The van der Waals surface area contributed by atoms with Gasteiger partial charge in [-0.05, 0) is 73.4 Å². The first kappa shape index (κ1) is 14.1. The molecule has 2 heterocycles. The van der Waals surface area contributed by atoms with Gasteiger partial charge in [0, 0.05) is 35.1 Å². The molecule has 3 fully saturated rings. The van der Waals surface area contributed by atoms with E-state index in [-0.39, 0.29) is 5.78 Å². The number of benzene rings is 2. The van der Waals surface area contributed by atoms with Gasteiger partial charge in [-0.2, -0.15) is 0 Å². The Morgan fingerprint density at radius 1 is 0.833 bits per heavy atom. The molecule has 0 atom stereocenters. The molecule has 0 amide bonds. The summed E-state index contributed by atoms with van der Waals surface area (Å²) >= 11 is 0. The number of hydrogen-bond acceptors (Lipinski definition) is 3. The number of fused-ring (bicyclic) bond motifs is 7. The van der Waals surface area contributed by atoms with E-state index in [2.05, 4.69) is 23.1 Å². The summed E-state index contributed by atoms with van der Waals surface area (Å²) in [6, 6.07) is 12.8. The summed E-state index contributed by atoms with van der Waals surface area (Å²) in [5, 5.41) is 0. The van der Waals surface area contributed by atoms with E-state index in [1.165, 1.54) is 37.8 Å². The van der Waals surface area contributed by atoms with E-state index in [1.54, 1.807) is 0 Å². The molecule has 6 rings (SSSR count). The zero-order valence-corrected chi connectivity index (χ0v) is 13.8. The molecule has 0 aromatic heterocycles. The summed E-state index contributed by atoms with van der Waals surface area (Å²) in [6.07, 6.45) is 6.63. The quantitative estimate of drug-likeness (QED) is 0.682. The Morgan fingerprint density at radius 3 is 2.33 bits per heavy atom. The molecule has 3 nitrogen and oxygen atoms in total. The molecule has 0 radical (unpaired) electrons.